The van der Waals surface area contributed by atoms with Gasteiger partial charge in [0.25, 0.3) is 0 Å². The summed E-state index contributed by atoms with van der Waals surface area (Å²) in [5.74, 6) is 2.11. The maximum atomic E-state index is 6.33. The number of rotatable bonds is 6. The summed E-state index contributed by atoms with van der Waals surface area (Å²) in [6.45, 7) is 5.16. The maximum absolute atomic E-state index is 6.33. The van der Waals surface area contributed by atoms with Gasteiger partial charge in [0, 0.05) is 25.0 Å². The zero-order valence-electron chi connectivity index (χ0n) is 12.0. The van der Waals surface area contributed by atoms with E-state index >= 15 is 0 Å². The maximum Gasteiger partial charge on any atom is 0.179 e. The number of ether oxygens (including phenoxy) is 2. The summed E-state index contributed by atoms with van der Waals surface area (Å²) in [6, 6.07) is 3.78. The lowest BCUT2D eigenvalue weighted by atomic mass is 10.2. The summed E-state index contributed by atoms with van der Waals surface area (Å²) < 4.78 is 13.3. The third kappa shape index (κ3) is 3.07. The molecule has 2 rings (SSSR count). The van der Waals surface area contributed by atoms with Crippen LogP contribution >= 0.6 is 11.6 Å². The predicted octanol–water partition coefficient (Wildman–Crippen LogP) is 3.93. The second-order valence-electron chi connectivity index (χ2n) is 4.43. The molecule has 0 spiro atoms. The Morgan fingerprint density at radius 1 is 1.25 bits per heavy atom. The summed E-state index contributed by atoms with van der Waals surface area (Å²) in [5.41, 5.74) is 0.912. The molecule has 1 aromatic heterocycles. The van der Waals surface area contributed by atoms with E-state index in [1.807, 2.05) is 36.9 Å². The van der Waals surface area contributed by atoms with E-state index in [1.54, 1.807) is 6.20 Å². The molecule has 4 nitrogen and oxygen atoms in total. The molecule has 0 fully saturated rings. The molecular formula is C15H19ClN2O2. The molecule has 0 radical (unpaired) electrons. The van der Waals surface area contributed by atoms with Gasteiger partial charge in [-0.05, 0) is 25.5 Å². The number of hydrogen-bond acceptors (Lipinski definition) is 3. The molecule has 1 aromatic carbocycles. The van der Waals surface area contributed by atoms with Crippen LogP contribution < -0.4 is 9.47 Å². The van der Waals surface area contributed by atoms with Gasteiger partial charge in [0.05, 0.1) is 18.2 Å². The number of nitrogens with zero attached hydrogens (tertiary/aromatic N) is 2. The van der Waals surface area contributed by atoms with E-state index in [0.717, 1.165) is 17.8 Å². The van der Waals surface area contributed by atoms with E-state index in [-0.39, 0.29) is 0 Å². The zero-order chi connectivity index (χ0) is 14.5. The van der Waals surface area contributed by atoms with E-state index in [0.29, 0.717) is 29.7 Å². The average Bonchev–Trinajstić information content (AvgIpc) is 2.84. The van der Waals surface area contributed by atoms with Gasteiger partial charge in [-0.25, -0.2) is 4.98 Å². The van der Waals surface area contributed by atoms with Crippen molar-refractivity contribution in [1.82, 2.24) is 9.55 Å². The third-order valence-corrected chi connectivity index (χ3v) is 3.12. The molecule has 0 aliphatic carbocycles. The molecule has 0 aliphatic heterocycles. The van der Waals surface area contributed by atoms with Gasteiger partial charge >= 0.3 is 0 Å². The molecule has 0 amide bonds. The monoisotopic (exact) mass is 294 g/mol. The van der Waals surface area contributed by atoms with E-state index in [4.69, 9.17) is 21.1 Å². The Hall–Kier alpha value is -1.68. The van der Waals surface area contributed by atoms with Gasteiger partial charge in [-0.15, -0.1) is 0 Å². The molecule has 2 aromatic rings. The number of halogens is 1. The third-order valence-electron chi connectivity index (χ3n) is 2.84. The van der Waals surface area contributed by atoms with Crippen molar-refractivity contribution in [3.63, 3.8) is 0 Å². The van der Waals surface area contributed by atoms with Crippen LogP contribution in [0.5, 0.6) is 11.5 Å². The Bertz CT molecular complexity index is 581. The topological polar surface area (TPSA) is 36.3 Å². The minimum Gasteiger partial charge on any atom is -0.490 e. The molecule has 0 unspecified atom stereocenters. The van der Waals surface area contributed by atoms with Gasteiger partial charge in [0.1, 0.15) is 5.82 Å². The molecule has 0 N–H and O–H groups in total. The second kappa shape index (κ2) is 6.66. The van der Waals surface area contributed by atoms with E-state index < -0.39 is 0 Å². The first-order chi connectivity index (χ1) is 9.67. The van der Waals surface area contributed by atoms with Crippen molar-refractivity contribution in [1.29, 1.82) is 0 Å². The van der Waals surface area contributed by atoms with Crippen molar-refractivity contribution in [3.05, 3.63) is 29.5 Å². The van der Waals surface area contributed by atoms with Crippen molar-refractivity contribution in [2.24, 2.45) is 7.05 Å². The van der Waals surface area contributed by atoms with Crippen LogP contribution in [0.25, 0.3) is 11.4 Å². The van der Waals surface area contributed by atoms with Crippen LogP contribution in [0.15, 0.2) is 24.5 Å². The van der Waals surface area contributed by atoms with Gasteiger partial charge in [-0.2, -0.15) is 0 Å². The fourth-order valence-electron chi connectivity index (χ4n) is 1.95. The minimum absolute atomic E-state index is 0.544. The van der Waals surface area contributed by atoms with Gasteiger partial charge in [-0.3, -0.25) is 0 Å². The van der Waals surface area contributed by atoms with Crippen molar-refractivity contribution in [3.8, 4) is 22.9 Å². The van der Waals surface area contributed by atoms with Gasteiger partial charge in [0.15, 0.2) is 11.5 Å². The summed E-state index contributed by atoms with van der Waals surface area (Å²) in [5, 5.41) is 0.544. The summed E-state index contributed by atoms with van der Waals surface area (Å²) in [6.07, 6.45) is 4.57. The van der Waals surface area contributed by atoms with Crippen LogP contribution in [0.1, 0.15) is 20.3 Å². The van der Waals surface area contributed by atoms with Crippen molar-refractivity contribution in [2.45, 2.75) is 20.3 Å². The van der Waals surface area contributed by atoms with Crippen LogP contribution in [0.3, 0.4) is 0 Å². The predicted molar refractivity (Wildman–Crippen MR) is 80.6 cm³/mol. The van der Waals surface area contributed by atoms with Crippen LogP contribution in [0.2, 0.25) is 5.02 Å². The molecule has 0 saturated carbocycles. The van der Waals surface area contributed by atoms with E-state index in [1.165, 1.54) is 0 Å². The first-order valence-electron chi connectivity index (χ1n) is 6.74. The van der Waals surface area contributed by atoms with Crippen molar-refractivity contribution < 1.29 is 9.47 Å². The molecule has 1 heterocycles. The Kier molecular flexibility index (Phi) is 4.90. The van der Waals surface area contributed by atoms with E-state index in [2.05, 4.69) is 11.9 Å². The Morgan fingerprint density at radius 3 is 2.65 bits per heavy atom. The number of benzene rings is 1. The number of hydrogen-bond donors (Lipinski definition) is 0. The first kappa shape index (κ1) is 14.7. The molecule has 0 aliphatic rings. The minimum atomic E-state index is 0.544. The Labute approximate surface area is 124 Å². The summed E-state index contributed by atoms with van der Waals surface area (Å²) in [7, 11) is 1.94. The Balaban J connectivity index is 2.44. The van der Waals surface area contributed by atoms with Crippen LogP contribution in [-0.2, 0) is 7.05 Å². The number of aryl methyl sites for hydroxylation is 1. The lowest BCUT2D eigenvalue weighted by Crippen LogP contribution is -2.02. The van der Waals surface area contributed by atoms with Crippen LogP contribution in [0.4, 0.5) is 0 Å². The number of imidazole rings is 1. The summed E-state index contributed by atoms with van der Waals surface area (Å²) >= 11 is 6.33. The fourth-order valence-corrected chi connectivity index (χ4v) is 2.21. The van der Waals surface area contributed by atoms with Crippen molar-refractivity contribution >= 4 is 11.6 Å². The fraction of sp³-hybridized carbons (Fsp3) is 0.400. The largest absolute Gasteiger partial charge is 0.490 e. The SMILES string of the molecule is CCCOc1c(Cl)cc(-c2nccn2C)cc1OCC. The molecule has 20 heavy (non-hydrogen) atoms. The highest BCUT2D eigenvalue weighted by Gasteiger charge is 2.15. The highest BCUT2D eigenvalue weighted by Crippen LogP contribution is 2.39. The zero-order valence-corrected chi connectivity index (χ0v) is 12.8. The molecule has 0 bridgehead atoms. The quantitative estimate of drug-likeness (QED) is 0.810. The molecule has 108 valence electrons. The lowest BCUT2D eigenvalue weighted by Gasteiger charge is -2.14. The van der Waals surface area contributed by atoms with Crippen LogP contribution in [-0.4, -0.2) is 22.8 Å². The highest BCUT2D eigenvalue weighted by atomic mass is 35.5. The second-order valence-corrected chi connectivity index (χ2v) is 4.84. The van der Waals surface area contributed by atoms with E-state index in [9.17, 15) is 0 Å². The average molecular weight is 295 g/mol. The van der Waals surface area contributed by atoms with Gasteiger partial charge in [0.2, 0.25) is 0 Å². The van der Waals surface area contributed by atoms with Crippen LogP contribution in [0, 0.1) is 0 Å². The Morgan fingerprint density at radius 2 is 2.05 bits per heavy atom. The molecule has 5 heteroatoms. The first-order valence-corrected chi connectivity index (χ1v) is 7.12. The van der Waals surface area contributed by atoms with Gasteiger partial charge < -0.3 is 14.0 Å². The van der Waals surface area contributed by atoms with Crippen molar-refractivity contribution in [2.75, 3.05) is 13.2 Å². The molecular weight excluding hydrogens is 276 g/mol. The smallest absolute Gasteiger partial charge is 0.179 e. The normalized spacial score (nSPS) is 10.6. The van der Waals surface area contributed by atoms with Gasteiger partial charge in [-0.1, -0.05) is 18.5 Å². The number of aromatic nitrogens is 2. The standard InChI is InChI=1S/C15H19ClN2O2/c1-4-8-20-14-12(16)9-11(10-13(14)19-5-2)15-17-6-7-18(15)3/h6-7,9-10H,4-5,8H2,1-3H3. The lowest BCUT2D eigenvalue weighted by molar-refractivity contribution is 0.277. The highest BCUT2D eigenvalue weighted by molar-refractivity contribution is 6.32. The summed E-state index contributed by atoms with van der Waals surface area (Å²) in [4.78, 5) is 4.33. The molecule has 0 atom stereocenters. The molecule has 0 saturated heterocycles.